The third-order valence-electron chi connectivity index (χ3n) is 3.92. The lowest BCUT2D eigenvalue weighted by Crippen LogP contribution is -2.59. The van der Waals surface area contributed by atoms with Crippen LogP contribution in [0.4, 0.5) is 4.39 Å². The number of hydrogen-bond donors (Lipinski definition) is 2. The molecule has 1 aliphatic carbocycles. The Bertz CT molecular complexity index is 493. The minimum atomic E-state index is -0.486. The van der Waals surface area contributed by atoms with Crippen LogP contribution >= 0.6 is 0 Å². The molecule has 0 aliphatic heterocycles. The van der Waals surface area contributed by atoms with E-state index in [-0.39, 0.29) is 23.1 Å². The van der Waals surface area contributed by atoms with Crippen molar-refractivity contribution in [2.24, 2.45) is 5.41 Å². The number of benzene rings is 1. The molecule has 0 spiro atoms. The molecule has 1 aliphatic rings. The second kappa shape index (κ2) is 4.68. The highest BCUT2D eigenvalue weighted by Gasteiger charge is 2.46. The van der Waals surface area contributed by atoms with Gasteiger partial charge < -0.3 is 10.4 Å². The van der Waals surface area contributed by atoms with Gasteiger partial charge in [0.1, 0.15) is 11.9 Å². The van der Waals surface area contributed by atoms with Crippen LogP contribution in [0.25, 0.3) is 0 Å². The molecule has 0 saturated heterocycles. The fourth-order valence-corrected chi connectivity index (χ4v) is 2.26. The van der Waals surface area contributed by atoms with Gasteiger partial charge in [0.05, 0.1) is 11.7 Å². The van der Waals surface area contributed by atoms with Crippen LogP contribution in [-0.2, 0) is 6.54 Å². The third-order valence-corrected chi connectivity index (χ3v) is 3.92. The Hall–Kier alpha value is -1.44. The number of rotatable bonds is 3. The minimum absolute atomic E-state index is 0.0715. The van der Waals surface area contributed by atoms with Crippen molar-refractivity contribution >= 4 is 0 Å². The molecule has 1 aromatic rings. The van der Waals surface area contributed by atoms with Gasteiger partial charge in [0, 0.05) is 18.0 Å². The van der Waals surface area contributed by atoms with Gasteiger partial charge in [0.2, 0.25) is 0 Å². The van der Waals surface area contributed by atoms with Gasteiger partial charge in [-0.05, 0) is 24.1 Å². The van der Waals surface area contributed by atoms with Gasteiger partial charge in [-0.1, -0.05) is 19.9 Å². The van der Waals surface area contributed by atoms with Crippen LogP contribution in [0.2, 0.25) is 0 Å². The molecule has 2 N–H and O–H groups in total. The number of hydrogen-bond acceptors (Lipinski definition) is 3. The Balaban J connectivity index is 1.98. The van der Waals surface area contributed by atoms with E-state index in [0.29, 0.717) is 6.54 Å². The van der Waals surface area contributed by atoms with Crippen molar-refractivity contribution in [1.29, 1.82) is 5.26 Å². The maximum atomic E-state index is 13.1. The third kappa shape index (κ3) is 2.24. The van der Waals surface area contributed by atoms with E-state index in [4.69, 9.17) is 5.26 Å². The molecule has 2 rings (SSSR count). The lowest BCUT2D eigenvalue weighted by Gasteiger charge is -2.49. The monoisotopic (exact) mass is 248 g/mol. The summed E-state index contributed by atoms with van der Waals surface area (Å²) in [4.78, 5) is 0. The lowest BCUT2D eigenvalue weighted by molar-refractivity contribution is -0.0729. The first-order chi connectivity index (χ1) is 8.45. The summed E-state index contributed by atoms with van der Waals surface area (Å²) in [5.74, 6) is -0.486. The second-order valence-electron chi connectivity index (χ2n) is 5.43. The summed E-state index contributed by atoms with van der Waals surface area (Å²) in [7, 11) is 0. The molecule has 0 aromatic heterocycles. The molecular formula is C14H17FN2O. The Morgan fingerprint density at radius 2 is 2.28 bits per heavy atom. The first-order valence-electron chi connectivity index (χ1n) is 6.05. The minimum Gasteiger partial charge on any atom is -0.392 e. The fraction of sp³-hybridized carbons (Fsp3) is 0.500. The van der Waals surface area contributed by atoms with Crippen LogP contribution in [0.3, 0.4) is 0 Å². The molecule has 2 atom stereocenters. The van der Waals surface area contributed by atoms with Crippen molar-refractivity contribution in [3.63, 3.8) is 0 Å². The van der Waals surface area contributed by atoms with Gasteiger partial charge in [-0.25, -0.2) is 4.39 Å². The van der Waals surface area contributed by atoms with E-state index in [1.165, 1.54) is 6.07 Å². The van der Waals surface area contributed by atoms with Crippen LogP contribution in [0.5, 0.6) is 0 Å². The quantitative estimate of drug-likeness (QED) is 0.859. The largest absolute Gasteiger partial charge is 0.392 e. The summed E-state index contributed by atoms with van der Waals surface area (Å²) in [5.41, 5.74) is 0.824. The molecule has 1 fully saturated rings. The number of aliphatic hydroxyl groups excluding tert-OH is 1. The maximum Gasteiger partial charge on any atom is 0.140 e. The zero-order valence-corrected chi connectivity index (χ0v) is 10.6. The van der Waals surface area contributed by atoms with Crippen molar-refractivity contribution in [2.45, 2.75) is 39.0 Å². The molecule has 0 heterocycles. The van der Waals surface area contributed by atoms with Crippen molar-refractivity contribution in [1.82, 2.24) is 5.32 Å². The number of nitriles is 1. The average Bonchev–Trinajstić information content (AvgIpc) is 2.35. The topological polar surface area (TPSA) is 56.0 Å². The summed E-state index contributed by atoms with van der Waals surface area (Å²) in [6.45, 7) is 4.62. The molecule has 0 bridgehead atoms. The molecule has 1 aromatic carbocycles. The molecule has 3 nitrogen and oxygen atoms in total. The molecule has 96 valence electrons. The second-order valence-corrected chi connectivity index (χ2v) is 5.43. The first kappa shape index (κ1) is 13.0. The van der Waals surface area contributed by atoms with Gasteiger partial charge in [-0.15, -0.1) is 0 Å². The van der Waals surface area contributed by atoms with Crippen molar-refractivity contribution < 1.29 is 9.50 Å². The predicted octanol–water partition coefficient (Wildman–Crippen LogP) is 1.95. The summed E-state index contributed by atoms with van der Waals surface area (Å²) >= 11 is 0. The number of nitrogens with zero attached hydrogens (tertiary/aromatic N) is 1. The molecule has 18 heavy (non-hydrogen) atoms. The van der Waals surface area contributed by atoms with E-state index in [0.717, 1.165) is 12.0 Å². The van der Waals surface area contributed by atoms with Crippen LogP contribution in [0, 0.1) is 22.6 Å². The SMILES string of the molecule is CC1(C)C(O)CC1NCc1ccc(F)c(C#N)c1. The van der Waals surface area contributed by atoms with Crippen LogP contribution < -0.4 is 5.32 Å². The molecule has 4 heteroatoms. The Labute approximate surface area is 106 Å². The van der Waals surface area contributed by atoms with Gasteiger partial charge in [0.25, 0.3) is 0 Å². The standard InChI is InChI=1S/C14H17FN2O/c1-14(2)12(6-13(14)18)17-8-9-3-4-11(15)10(5-9)7-16/h3-5,12-13,17-18H,6,8H2,1-2H3. The van der Waals surface area contributed by atoms with Gasteiger partial charge in [0.15, 0.2) is 0 Å². The highest BCUT2D eigenvalue weighted by atomic mass is 19.1. The number of halogens is 1. The van der Waals surface area contributed by atoms with E-state index < -0.39 is 5.82 Å². The highest BCUT2D eigenvalue weighted by molar-refractivity contribution is 5.34. The summed E-state index contributed by atoms with van der Waals surface area (Å²) in [5, 5.41) is 21.7. The normalized spacial score (nSPS) is 25.3. The zero-order valence-electron chi connectivity index (χ0n) is 10.6. The van der Waals surface area contributed by atoms with Crippen LogP contribution in [0.1, 0.15) is 31.4 Å². The first-order valence-corrected chi connectivity index (χ1v) is 6.05. The lowest BCUT2D eigenvalue weighted by atomic mass is 9.64. The Morgan fingerprint density at radius 1 is 1.56 bits per heavy atom. The zero-order chi connectivity index (χ0) is 13.3. The molecule has 2 unspecified atom stereocenters. The van der Waals surface area contributed by atoms with E-state index in [9.17, 15) is 9.50 Å². The van der Waals surface area contributed by atoms with E-state index in [1.54, 1.807) is 12.1 Å². The summed E-state index contributed by atoms with van der Waals surface area (Å²) < 4.78 is 13.1. The smallest absolute Gasteiger partial charge is 0.140 e. The van der Waals surface area contributed by atoms with Crippen LogP contribution in [0.15, 0.2) is 18.2 Å². The van der Waals surface area contributed by atoms with E-state index in [2.05, 4.69) is 5.32 Å². The molecule has 1 saturated carbocycles. The van der Waals surface area contributed by atoms with Gasteiger partial charge >= 0.3 is 0 Å². The van der Waals surface area contributed by atoms with Crippen LogP contribution in [-0.4, -0.2) is 17.3 Å². The van der Waals surface area contributed by atoms with Gasteiger partial charge in [-0.3, -0.25) is 0 Å². The number of aliphatic hydroxyl groups is 1. The molecular weight excluding hydrogens is 231 g/mol. The van der Waals surface area contributed by atoms with Crippen molar-refractivity contribution in [3.05, 3.63) is 35.1 Å². The van der Waals surface area contributed by atoms with E-state index >= 15 is 0 Å². The van der Waals surface area contributed by atoms with E-state index in [1.807, 2.05) is 19.9 Å². The molecule has 0 radical (unpaired) electrons. The Morgan fingerprint density at radius 3 is 2.83 bits per heavy atom. The van der Waals surface area contributed by atoms with Crippen molar-refractivity contribution in [3.8, 4) is 6.07 Å². The van der Waals surface area contributed by atoms with Gasteiger partial charge in [-0.2, -0.15) is 5.26 Å². The Kier molecular flexibility index (Phi) is 3.38. The maximum absolute atomic E-state index is 13.1. The summed E-state index contributed by atoms with van der Waals surface area (Å²) in [6, 6.07) is 6.63. The highest BCUT2D eigenvalue weighted by Crippen LogP contribution is 2.40. The average molecular weight is 248 g/mol. The number of nitrogens with one attached hydrogen (secondary N) is 1. The van der Waals surface area contributed by atoms with Crippen molar-refractivity contribution in [2.75, 3.05) is 0 Å². The fourth-order valence-electron chi connectivity index (χ4n) is 2.26. The summed E-state index contributed by atoms with van der Waals surface area (Å²) in [6.07, 6.45) is 0.470. The molecule has 0 amide bonds. The predicted molar refractivity (Wildman–Crippen MR) is 66.1 cm³/mol.